The maximum atomic E-state index is 13.3. The third-order valence-electron chi connectivity index (χ3n) is 7.82. The molecule has 1 fully saturated rings. The molecule has 0 atom stereocenters. The predicted octanol–water partition coefficient (Wildman–Crippen LogP) is 5.97. The van der Waals surface area contributed by atoms with E-state index in [1.54, 1.807) is 6.92 Å². The summed E-state index contributed by atoms with van der Waals surface area (Å²) in [5.74, 6) is 0.0716. The van der Waals surface area contributed by atoms with Gasteiger partial charge in [0.15, 0.2) is 0 Å². The summed E-state index contributed by atoms with van der Waals surface area (Å²) in [5, 5.41) is 17.3. The average Bonchev–Trinajstić information content (AvgIpc) is 3.43. The first-order valence-corrected chi connectivity index (χ1v) is 14.5. The van der Waals surface area contributed by atoms with Crippen molar-refractivity contribution in [3.8, 4) is 11.3 Å². The van der Waals surface area contributed by atoms with Crippen molar-refractivity contribution in [2.45, 2.75) is 46.5 Å². The van der Waals surface area contributed by atoms with Gasteiger partial charge in [0.25, 0.3) is 5.91 Å². The Labute approximate surface area is 246 Å². The Bertz CT molecular complexity index is 1560. The zero-order chi connectivity index (χ0) is 29.7. The number of fused-ring (bicyclic) bond motifs is 5. The number of aryl methyl sites for hydroxylation is 1. The van der Waals surface area contributed by atoms with E-state index in [9.17, 15) is 4.79 Å². The zero-order valence-electron chi connectivity index (χ0n) is 24.3. The fourth-order valence-electron chi connectivity index (χ4n) is 5.80. The number of carbonyl (C=O) groups excluding carboxylic acids is 1. The van der Waals surface area contributed by atoms with Gasteiger partial charge in [-0.1, -0.05) is 19.9 Å². The van der Waals surface area contributed by atoms with Gasteiger partial charge in [-0.15, -0.1) is 0 Å². The molecule has 0 radical (unpaired) electrons. The Balaban J connectivity index is 0.000000728. The fourth-order valence-corrected chi connectivity index (χ4v) is 5.80. The van der Waals surface area contributed by atoms with Crippen LogP contribution in [0.5, 0.6) is 0 Å². The number of aromatic amines is 1. The number of rotatable bonds is 3. The molecule has 0 unspecified atom stereocenters. The molecular formula is C31H40N6O3S. The lowest BCUT2D eigenvalue weighted by Gasteiger charge is -2.32. The molecule has 2 aromatic carbocycles. The second-order valence-corrected chi connectivity index (χ2v) is 10.5. The summed E-state index contributed by atoms with van der Waals surface area (Å²) in [4.78, 5) is 26.1. The summed E-state index contributed by atoms with van der Waals surface area (Å²) in [6.45, 7) is 9.08. The van der Waals surface area contributed by atoms with Crippen LogP contribution in [0.1, 0.15) is 60.8 Å². The summed E-state index contributed by atoms with van der Waals surface area (Å²) < 4.78 is 2.94. The fraction of sp³-hybridized carbons (Fsp3) is 0.387. The van der Waals surface area contributed by atoms with E-state index < -0.39 is 0 Å². The normalized spacial score (nSPS) is 15.0. The number of hydrogen-bond acceptors (Lipinski definition) is 8. The van der Waals surface area contributed by atoms with Crippen molar-refractivity contribution in [2.24, 2.45) is 0 Å². The molecule has 4 aromatic rings. The van der Waals surface area contributed by atoms with Crippen LogP contribution in [0.2, 0.25) is 0 Å². The molecule has 2 aromatic heterocycles. The molecule has 1 aliphatic carbocycles. The molecule has 1 saturated heterocycles. The molecule has 41 heavy (non-hydrogen) atoms. The number of benzene rings is 2. The van der Waals surface area contributed by atoms with E-state index in [1.165, 1.54) is 16.5 Å². The molecule has 0 spiro atoms. The summed E-state index contributed by atoms with van der Waals surface area (Å²) in [6.07, 6.45) is 4.25. The molecule has 6 rings (SSSR count). The summed E-state index contributed by atoms with van der Waals surface area (Å²) >= 11 is 2.84. The van der Waals surface area contributed by atoms with Crippen LogP contribution in [0.4, 0.5) is 5.69 Å². The van der Waals surface area contributed by atoms with Gasteiger partial charge >= 0.3 is 0 Å². The highest BCUT2D eigenvalue weighted by atomic mass is 32.1. The minimum Gasteiger partial charge on any atom is -0.398 e. The van der Waals surface area contributed by atoms with Gasteiger partial charge in [-0.2, -0.15) is 4.33 Å². The van der Waals surface area contributed by atoms with Gasteiger partial charge in [-0.05, 0) is 81.1 Å². The predicted molar refractivity (Wildman–Crippen MR) is 170 cm³/mol. The molecule has 218 valence electrons. The number of nitrogens with zero attached hydrogens (tertiary/aromatic N) is 3. The highest BCUT2D eigenvalue weighted by Crippen LogP contribution is 2.39. The van der Waals surface area contributed by atoms with E-state index in [1.807, 2.05) is 49.1 Å². The molecule has 1 amide bonds. The van der Waals surface area contributed by atoms with Crippen molar-refractivity contribution in [3.05, 3.63) is 58.8 Å². The lowest BCUT2D eigenvalue weighted by molar-refractivity contribution is -0.113. The first kappa shape index (κ1) is 30.5. The molecule has 1 aliphatic heterocycles. The van der Waals surface area contributed by atoms with Crippen LogP contribution < -0.4 is 5.73 Å². The number of carbonyl (C=O) groups is 1. The van der Waals surface area contributed by atoms with E-state index in [0.29, 0.717) is 17.1 Å². The van der Waals surface area contributed by atoms with Crippen LogP contribution in [0.3, 0.4) is 0 Å². The molecule has 10 heteroatoms. The number of amides is 1. The van der Waals surface area contributed by atoms with Crippen LogP contribution in [-0.2, 0) is 17.2 Å². The second kappa shape index (κ2) is 13.5. The minimum absolute atomic E-state index is 0.0716. The third-order valence-corrected chi connectivity index (χ3v) is 7.82. The average molecular weight is 577 g/mol. The maximum absolute atomic E-state index is 13.3. The monoisotopic (exact) mass is 576 g/mol. The maximum Gasteiger partial charge on any atom is 0.270 e. The molecular weight excluding hydrogens is 536 g/mol. The van der Waals surface area contributed by atoms with Crippen molar-refractivity contribution in [1.29, 1.82) is 5.41 Å². The van der Waals surface area contributed by atoms with E-state index in [2.05, 4.69) is 40.2 Å². The Morgan fingerprint density at radius 1 is 1.07 bits per heavy atom. The van der Waals surface area contributed by atoms with Gasteiger partial charge in [0.2, 0.25) is 0 Å². The van der Waals surface area contributed by atoms with Crippen molar-refractivity contribution in [1.82, 2.24) is 19.8 Å². The van der Waals surface area contributed by atoms with E-state index in [4.69, 9.17) is 21.4 Å². The van der Waals surface area contributed by atoms with Gasteiger partial charge in [-0.3, -0.25) is 4.79 Å². The van der Waals surface area contributed by atoms with Crippen LogP contribution in [0.15, 0.2) is 36.4 Å². The number of thiol groups is 1. The van der Waals surface area contributed by atoms with Gasteiger partial charge in [0.1, 0.15) is 5.69 Å². The topological polar surface area (TPSA) is 132 Å². The SMILES string of the molecule is CC.CC(=N)c1cc(-c2nc3ccc4[nH]c(C(=O)N5CCN(C)CC5)cc4c3c3c2CCCC3)ccc1N.OOS. The van der Waals surface area contributed by atoms with Gasteiger partial charge in [-0.25, -0.2) is 10.2 Å². The van der Waals surface area contributed by atoms with Crippen LogP contribution in [0.25, 0.3) is 33.1 Å². The second-order valence-electron chi connectivity index (χ2n) is 10.3. The Kier molecular flexibility index (Phi) is 10.0. The number of H-pyrrole nitrogens is 1. The van der Waals surface area contributed by atoms with Crippen LogP contribution in [-0.4, -0.2) is 69.9 Å². The highest BCUT2D eigenvalue weighted by molar-refractivity contribution is 7.74. The lowest BCUT2D eigenvalue weighted by atomic mass is 9.85. The van der Waals surface area contributed by atoms with Gasteiger partial charge < -0.3 is 25.9 Å². The highest BCUT2D eigenvalue weighted by Gasteiger charge is 2.25. The van der Waals surface area contributed by atoms with Gasteiger partial charge in [0.05, 0.1) is 11.2 Å². The number of nitrogen functional groups attached to an aromatic ring is 1. The smallest absolute Gasteiger partial charge is 0.270 e. The van der Waals surface area contributed by atoms with Crippen LogP contribution in [0, 0.1) is 5.41 Å². The molecule has 2 aliphatic rings. The number of aromatic nitrogens is 2. The largest absolute Gasteiger partial charge is 0.398 e. The number of nitrogens with one attached hydrogen (secondary N) is 2. The molecule has 0 bridgehead atoms. The lowest BCUT2D eigenvalue weighted by Crippen LogP contribution is -2.47. The Morgan fingerprint density at radius 2 is 1.73 bits per heavy atom. The van der Waals surface area contributed by atoms with E-state index in [0.717, 1.165) is 85.1 Å². The number of anilines is 1. The standard InChI is InChI=1S/C29H32N6O.C2H6.H2O2S/c1-17(30)21-15-18(7-8-23(21)31)28-20-6-4-3-5-19(20)27-22-16-26(32-24(22)9-10-25(27)33-28)29(36)35-13-11-34(2)12-14-35;1-2;1-2-3/h7-10,15-16,30,32H,3-6,11-14,31H2,1-2H3;1-2H3;1,3H. The van der Waals surface area contributed by atoms with E-state index in [-0.39, 0.29) is 5.91 Å². The number of pyridine rings is 1. The number of piperazine rings is 1. The molecule has 0 saturated carbocycles. The van der Waals surface area contributed by atoms with Crippen molar-refractivity contribution in [2.75, 3.05) is 39.0 Å². The van der Waals surface area contributed by atoms with Crippen LogP contribution >= 0.6 is 12.9 Å². The number of likely N-dealkylation sites (N-methyl/N-ethyl adjacent to an activating group) is 1. The summed E-state index contributed by atoms with van der Waals surface area (Å²) in [7, 11) is 2.10. The Morgan fingerprint density at radius 3 is 2.39 bits per heavy atom. The summed E-state index contributed by atoms with van der Waals surface area (Å²) in [5.41, 5.74) is 15.2. The van der Waals surface area contributed by atoms with Gasteiger partial charge in [0, 0.05) is 77.9 Å². The summed E-state index contributed by atoms with van der Waals surface area (Å²) in [6, 6.07) is 12.1. The molecule has 9 nitrogen and oxygen atoms in total. The molecule has 5 N–H and O–H groups in total. The zero-order valence-corrected chi connectivity index (χ0v) is 25.1. The van der Waals surface area contributed by atoms with Crippen molar-refractivity contribution < 1.29 is 14.4 Å². The first-order valence-electron chi connectivity index (χ1n) is 14.2. The first-order chi connectivity index (χ1) is 19.8. The van der Waals surface area contributed by atoms with Crippen molar-refractivity contribution >= 4 is 52.0 Å². The Hall–Kier alpha value is -3.44. The number of hydrogen-bond donors (Lipinski definition) is 5. The minimum atomic E-state index is 0.0716. The quantitative estimate of drug-likeness (QED) is 0.0510. The van der Waals surface area contributed by atoms with Crippen molar-refractivity contribution in [3.63, 3.8) is 0 Å². The number of nitrogens with two attached hydrogens (primary N) is 1. The molecule has 3 heterocycles. The third kappa shape index (κ3) is 6.25. The van der Waals surface area contributed by atoms with E-state index >= 15 is 0 Å².